The molecule has 0 aliphatic rings. The second kappa shape index (κ2) is 25.2. The second-order valence-electron chi connectivity index (χ2n) is 1.10. The molecule has 0 unspecified atom stereocenters. The van der Waals surface area contributed by atoms with Crippen LogP contribution in [0, 0.1) is 0 Å². The molecular formula is C2N2Na3O6PS4. The first-order valence-electron chi connectivity index (χ1n) is 2.45. The maximum atomic E-state index is 9.47. The van der Waals surface area contributed by atoms with Gasteiger partial charge in [0.25, 0.3) is 0 Å². The van der Waals surface area contributed by atoms with Gasteiger partial charge in [-0.05, 0) is 0 Å². The maximum absolute atomic E-state index is 9.47. The number of isocyanates is 2. The van der Waals surface area contributed by atoms with Gasteiger partial charge in [-0.3, -0.25) is 0 Å². The van der Waals surface area contributed by atoms with E-state index in [1.807, 2.05) is 0 Å². The molecule has 0 aromatic carbocycles. The van der Waals surface area contributed by atoms with Crippen LogP contribution in [0.1, 0.15) is 0 Å². The Bertz CT molecular complexity index is 277. The molecule has 0 N–H and O–H groups in total. The van der Waals surface area contributed by atoms with E-state index in [1.54, 1.807) is 0 Å². The van der Waals surface area contributed by atoms with Gasteiger partial charge in [0.05, 0.1) is 22.0 Å². The molecule has 0 radical (unpaired) electrons. The Morgan fingerprint density at radius 1 is 0.833 bits per heavy atom. The maximum Gasteiger partial charge on any atom is 1.00 e. The molecule has 0 atom stereocenters. The van der Waals surface area contributed by atoms with Crippen molar-refractivity contribution in [3.63, 3.8) is 0 Å². The first-order chi connectivity index (χ1) is 6.91. The molecule has 8 nitrogen and oxygen atoms in total. The van der Waals surface area contributed by atoms with E-state index in [0.717, 1.165) is 22.0 Å². The van der Waals surface area contributed by atoms with Crippen molar-refractivity contribution in [1.82, 2.24) is 0 Å². The zero-order valence-electron chi connectivity index (χ0n) is 9.42. The number of phosphoric acid groups is 1. The Morgan fingerprint density at radius 2 is 1.06 bits per heavy atom. The minimum atomic E-state index is -5.39. The van der Waals surface area contributed by atoms with Crippen molar-refractivity contribution in [1.29, 1.82) is 0 Å². The van der Waals surface area contributed by atoms with Crippen molar-refractivity contribution in [2.24, 2.45) is 8.80 Å². The van der Waals surface area contributed by atoms with E-state index >= 15 is 0 Å². The normalized spacial score (nSPS) is 7.50. The van der Waals surface area contributed by atoms with Gasteiger partial charge in [-0.25, -0.2) is 9.59 Å². The quantitative estimate of drug-likeness (QED) is 0.0862. The molecule has 16 heteroatoms. The van der Waals surface area contributed by atoms with Crippen molar-refractivity contribution < 1.29 is 118 Å². The zero-order chi connectivity index (χ0) is 12.2. The summed E-state index contributed by atoms with van der Waals surface area (Å²) in [6, 6.07) is 0. The molecule has 0 saturated heterocycles. The summed E-state index contributed by atoms with van der Waals surface area (Å²) >= 11 is 0. The van der Waals surface area contributed by atoms with Gasteiger partial charge in [-0.2, -0.15) is 7.82 Å². The van der Waals surface area contributed by atoms with E-state index in [9.17, 15) is 9.59 Å². The van der Waals surface area contributed by atoms with Crippen LogP contribution in [0.5, 0.6) is 0 Å². The van der Waals surface area contributed by atoms with Gasteiger partial charge in [0.1, 0.15) is 0 Å². The van der Waals surface area contributed by atoms with Gasteiger partial charge in [0.2, 0.25) is 12.2 Å². The van der Waals surface area contributed by atoms with Gasteiger partial charge in [0.15, 0.2) is 0 Å². The Hall–Kier alpha value is 3.27. The third-order valence-electron chi connectivity index (χ3n) is 0.238. The molecule has 0 fully saturated rings. The standard InChI is InChI=1S/C2N2O2S4.3Na.H3O4P/c5-1-3-7-9-10-8-4-2-6;;;;1-5(2,3)4/h;;;;(H3,1,2,3,4)/q;3*+1;/p-3. The molecule has 0 aromatic rings. The van der Waals surface area contributed by atoms with Gasteiger partial charge in [0, 0.05) is 19.7 Å². The minimum Gasteiger partial charge on any atom is -0.822 e. The average molecular weight is 376 g/mol. The van der Waals surface area contributed by atoms with Crippen molar-refractivity contribution in [3.8, 4) is 0 Å². The Balaban J connectivity index is -0.0000000621. The van der Waals surface area contributed by atoms with Gasteiger partial charge in [-0.1, -0.05) is 0 Å². The Labute approximate surface area is 184 Å². The molecule has 0 spiro atoms. The topological polar surface area (TPSA) is 145 Å². The summed E-state index contributed by atoms with van der Waals surface area (Å²) in [6.45, 7) is 0. The fourth-order valence-corrected chi connectivity index (χ4v) is 3.11. The van der Waals surface area contributed by atoms with Crippen molar-refractivity contribution in [2.45, 2.75) is 0 Å². The molecule has 0 heterocycles. The van der Waals surface area contributed by atoms with Gasteiger partial charge < -0.3 is 19.2 Å². The average Bonchev–Trinajstić information content (AvgIpc) is 2.08. The van der Waals surface area contributed by atoms with Crippen LogP contribution in [0.3, 0.4) is 0 Å². The number of hydrogen-bond acceptors (Lipinski definition) is 12. The molecule has 0 aliphatic carbocycles. The SMILES string of the molecule is O=C=NSSSSN=C=O.O=P([O-])([O-])[O-].[Na+].[Na+].[Na+]. The smallest absolute Gasteiger partial charge is 0.822 e. The summed E-state index contributed by atoms with van der Waals surface area (Å²) in [5.74, 6) is 0. The van der Waals surface area contributed by atoms with E-state index in [-0.39, 0.29) is 88.7 Å². The molecule has 18 heavy (non-hydrogen) atoms. The number of rotatable bonds is 5. The predicted octanol–water partition coefficient (Wildman–Crippen LogP) is -9.65. The van der Waals surface area contributed by atoms with Crippen LogP contribution in [0.2, 0.25) is 0 Å². The molecule has 0 saturated carbocycles. The number of carbonyl (C=O) groups excluding carboxylic acids is 2. The molecule has 0 rings (SSSR count). The van der Waals surface area contributed by atoms with E-state index in [0.29, 0.717) is 0 Å². The van der Waals surface area contributed by atoms with E-state index < -0.39 is 7.82 Å². The van der Waals surface area contributed by atoms with Crippen LogP contribution in [-0.4, -0.2) is 12.2 Å². The van der Waals surface area contributed by atoms with Crippen LogP contribution in [0.15, 0.2) is 8.80 Å². The predicted molar refractivity (Wildman–Crippen MR) is 54.2 cm³/mol. The fourth-order valence-electron chi connectivity index (χ4n) is 0.0857. The first kappa shape index (κ1) is 33.0. The third-order valence-corrected chi connectivity index (χ3v) is 4.79. The summed E-state index contributed by atoms with van der Waals surface area (Å²) in [7, 11) is -1.02. The fraction of sp³-hybridized carbons (Fsp3) is 0. The Morgan fingerprint density at radius 3 is 1.22 bits per heavy atom. The van der Waals surface area contributed by atoms with E-state index in [4.69, 9.17) is 19.2 Å². The first-order valence-corrected chi connectivity index (χ1v) is 8.64. The van der Waals surface area contributed by atoms with Crippen LogP contribution in [-0.2, 0) is 14.2 Å². The largest absolute Gasteiger partial charge is 1.00 e. The third kappa shape index (κ3) is 61.0. The summed E-state index contributed by atoms with van der Waals surface area (Å²) in [5.41, 5.74) is 0. The van der Waals surface area contributed by atoms with Crippen molar-refractivity contribution in [3.05, 3.63) is 0 Å². The molecular weight excluding hydrogens is 376 g/mol. The Kier molecular flexibility index (Phi) is 46.3. The molecule has 0 aromatic heterocycles. The van der Waals surface area contributed by atoms with Crippen molar-refractivity contribution in [2.75, 3.05) is 0 Å². The molecule has 0 bridgehead atoms. The monoisotopic (exact) mass is 376 g/mol. The summed E-state index contributed by atoms with van der Waals surface area (Å²) in [5, 5.41) is 0. The number of nitrogens with zero attached hydrogens (tertiary/aromatic N) is 2. The van der Waals surface area contributed by atoms with Crippen LogP contribution >= 0.6 is 49.4 Å². The molecule has 86 valence electrons. The van der Waals surface area contributed by atoms with Gasteiger partial charge in [-0.15, -0.1) is 8.80 Å². The van der Waals surface area contributed by atoms with Crippen LogP contribution in [0.4, 0.5) is 0 Å². The van der Waals surface area contributed by atoms with E-state index in [2.05, 4.69) is 8.80 Å². The molecule has 0 amide bonds. The summed E-state index contributed by atoms with van der Waals surface area (Å²) in [6.07, 6.45) is 2.69. The van der Waals surface area contributed by atoms with Crippen molar-refractivity contribution >= 4 is 61.6 Å². The number of hydrogen-bond donors (Lipinski definition) is 0. The second-order valence-corrected chi connectivity index (χ2v) is 7.09. The zero-order valence-corrected chi connectivity index (χ0v) is 19.6. The minimum absolute atomic E-state index is 0. The van der Waals surface area contributed by atoms with Crippen LogP contribution in [0.25, 0.3) is 0 Å². The summed E-state index contributed by atoms with van der Waals surface area (Å²) < 4.78 is 14.9. The summed E-state index contributed by atoms with van der Waals surface area (Å²) in [4.78, 5) is 44.6. The van der Waals surface area contributed by atoms with Crippen LogP contribution < -0.4 is 103 Å². The molecule has 0 aliphatic heterocycles. The van der Waals surface area contributed by atoms with E-state index in [1.165, 1.54) is 31.8 Å². The van der Waals surface area contributed by atoms with Gasteiger partial charge >= 0.3 is 88.7 Å².